The molecule has 0 aromatic rings. The number of carbonyl (C=O) groups is 1. The van der Waals surface area contributed by atoms with Gasteiger partial charge in [-0.2, -0.15) is 8.78 Å². The minimum Gasteiger partial charge on any atom is -0.313 e. The van der Waals surface area contributed by atoms with Crippen molar-refractivity contribution in [2.75, 3.05) is 13.3 Å². The van der Waals surface area contributed by atoms with Crippen molar-refractivity contribution in [2.45, 2.75) is 12.5 Å². The van der Waals surface area contributed by atoms with E-state index in [0.29, 0.717) is 0 Å². The number of halogens is 4. The lowest BCUT2D eigenvalue weighted by atomic mass is 10.5. The van der Waals surface area contributed by atoms with Crippen LogP contribution in [0.4, 0.5) is 13.2 Å². The zero-order valence-corrected chi connectivity index (χ0v) is 6.21. The fourth-order valence-corrected chi connectivity index (χ4v) is 0.366. The Morgan fingerprint density at radius 2 is 2.09 bits per heavy atom. The van der Waals surface area contributed by atoms with E-state index in [4.69, 9.17) is 0 Å². The molecule has 0 atom stereocenters. The normalized spacial score (nSPS) is 11.6. The van der Waals surface area contributed by atoms with Crippen molar-refractivity contribution in [3.05, 3.63) is 0 Å². The molecule has 0 saturated heterocycles. The molecule has 11 heavy (non-hydrogen) atoms. The van der Waals surface area contributed by atoms with Gasteiger partial charge in [0.1, 0.15) is 0 Å². The van der Waals surface area contributed by atoms with Crippen LogP contribution in [0, 0.1) is 0 Å². The minimum absolute atomic E-state index is 0.181. The van der Waals surface area contributed by atoms with Crippen LogP contribution in [0.2, 0.25) is 0 Å². The van der Waals surface area contributed by atoms with Crippen LogP contribution >= 0.6 is 11.6 Å². The number of alkyl halides is 3. The fourth-order valence-electron chi connectivity index (χ4n) is 0.312. The highest BCUT2D eigenvalue weighted by Crippen LogP contribution is 2.18. The Morgan fingerprint density at radius 1 is 1.55 bits per heavy atom. The summed E-state index contributed by atoms with van der Waals surface area (Å²) < 4.78 is 39.1. The monoisotopic (exact) mass is 190 g/mol. The molecule has 0 saturated carbocycles. The van der Waals surface area contributed by atoms with Gasteiger partial charge in [0.25, 0.3) is 0 Å². The molecule has 6 heteroatoms. The molecule has 0 amide bonds. The SMILES string of the molecule is O=C(Cl)C(F)(F)OCCCF. The molecule has 0 radical (unpaired) electrons. The number of hydrogen-bond acceptors (Lipinski definition) is 2. The van der Waals surface area contributed by atoms with Crippen LogP contribution in [0.5, 0.6) is 0 Å². The number of hydrogen-bond donors (Lipinski definition) is 0. The molecule has 66 valence electrons. The highest BCUT2D eigenvalue weighted by atomic mass is 35.5. The predicted molar refractivity (Wildman–Crippen MR) is 32.4 cm³/mol. The summed E-state index contributed by atoms with van der Waals surface area (Å²) in [4.78, 5) is 9.86. The standard InChI is InChI=1S/C5H6ClF3O2/c6-4(10)5(8,9)11-3-1-2-7/h1-3H2. The summed E-state index contributed by atoms with van der Waals surface area (Å²) in [6, 6.07) is 0. The van der Waals surface area contributed by atoms with E-state index in [1.54, 1.807) is 0 Å². The van der Waals surface area contributed by atoms with Crippen LogP contribution in [0.25, 0.3) is 0 Å². The van der Waals surface area contributed by atoms with Crippen molar-refractivity contribution in [3.8, 4) is 0 Å². The third-order valence-corrected chi connectivity index (χ3v) is 1.01. The average Bonchev–Trinajstić information content (AvgIpc) is 1.88. The molecule has 2 nitrogen and oxygen atoms in total. The molecule has 0 aromatic carbocycles. The molecule has 0 aliphatic carbocycles. The van der Waals surface area contributed by atoms with Crippen molar-refractivity contribution in [3.63, 3.8) is 0 Å². The summed E-state index contributed by atoms with van der Waals surface area (Å²) in [6.45, 7) is -1.30. The van der Waals surface area contributed by atoms with E-state index in [9.17, 15) is 18.0 Å². The van der Waals surface area contributed by atoms with E-state index in [2.05, 4.69) is 16.3 Å². The molecule has 0 N–H and O–H groups in total. The van der Waals surface area contributed by atoms with Gasteiger partial charge in [0.05, 0.1) is 13.3 Å². The maximum atomic E-state index is 12.0. The summed E-state index contributed by atoms with van der Waals surface area (Å²) in [5.74, 6) is 0. The fraction of sp³-hybridized carbons (Fsp3) is 0.800. The van der Waals surface area contributed by atoms with Gasteiger partial charge in [-0.3, -0.25) is 9.18 Å². The maximum Gasteiger partial charge on any atom is 0.431 e. The van der Waals surface area contributed by atoms with Gasteiger partial charge in [-0.05, 0) is 18.0 Å². The number of carbonyl (C=O) groups excluding carboxylic acids is 1. The van der Waals surface area contributed by atoms with Gasteiger partial charge < -0.3 is 4.74 Å². The average molecular weight is 191 g/mol. The molecule has 0 rings (SSSR count). The number of rotatable bonds is 5. The first-order valence-corrected chi connectivity index (χ1v) is 3.16. The first kappa shape index (κ1) is 10.7. The molecule has 0 bridgehead atoms. The lowest BCUT2D eigenvalue weighted by Gasteiger charge is -2.10. The Labute approximate surface area is 66.3 Å². The molecule has 0 heterocycles. The largest absolute Gasteiger partial charge is 0.431 e. The van der Waals surface area contributed by atoms with E-state index in [1.807, 2.05) is 0 Å². The van der Waals surface area contributed by atoms with Crippen molar-refractivity contribution in [1.82, 2.24) is 0 Å². The van der Waals surface area contributed by atoms with Gasteiger partial charge in [0.2, 0.25) is 0 Å². The van der Waals surface area contributed by atoms with Crippen LogP contribution in [-0.4, -0.2) is 24.6 Å². The molecular weight excluding hydrogens is 184 g/mol. The Hall–Kier alpha value is -0.290. The van der Waals surface area contributed by atoms with Gasteiger partial charge in [-0.1, -0.05) is 0 Å². The molecule has 0 fully saturated rings. The van der Waals surface area contributed by atoms with Crippen LogP contribution in [0.15, 0.2) is 0 Å². The van der Waals surface area contributed by atoms with Crippen LogP contribution < -0.4 is 0 Å². The number of ether oxygens (including phenoxy) is 1. The predicted octanol–water partition coefficient (Wildman–Crippen LogP) is 1.72. The zero-order valence-electron chi connectivity index (χ0n) is 5.45. The first-order valence-electron chi connectivity index (χ1n) is 2.78. The second-order valence-electron chi connectivity index (χ2n) is 1.68. The lowest BCUT2D eigenvalue weighted by Crippen LogP contribution is -2.28. The molecule has 0 spiro atoms. The Bertz CT molecular complexity index is 140. The Morgan fingerprint density at radius 3 is 2.45 bits per heavy atom. The van der Waals surface area contributed by atoms with Crippen LogP contribution in [0.3, 0.4) is 0 Å². The van der Waals surface area contributed by atoms with Crippen molar-refractivity contribution < 1.29 is 22.7 Å². The zero-order chi connectivity index (χ0) is 8.91. The second kappa shape index (κ2) is 4.56. The molecule has 0 unspecified atom stereocenters. The third-order valence-electron chi connectivity index (χ3n) is 0.790. The Balaban J connectivity index is 3.64. The third kappa shape index (κ3) is 4.21. The lowest BCUT2D eigenvalue weighted by molar-refractivity contribution is -0.222. The molecule has 0 aliphatic heterocycles. The second-order valence-corrected chi connectivity index (χ2v) is 2.02. The molecule has 0 aromatic heterocycles. The van der Waals surface area contributed by atoms with Crippen molar-refractivity contribution in [2.24, 2.45) is 0 Å². The Kier molecular flexibility index (Phi) is 4.44. The highest BCUT2D eigenvalue weighted by Gasteiger charge is 2.38. The van der Waals surface area contributed by atoms with Crippen LogP contribution in [-0.2, 0) is 9.53 Å². The topological polar surface area (TPSA) is 26.3 Å². The van der Waals surface area contributed by atoms with E-state index in [1.165, 1.54) is 0 Å². The van der Waals surface area contributed by atoms with Crippen LogP contribution in [0.1, 0.15) is 6.42 Å². The van der Waals surface area contributed by atoms with Crippen molar-refractivity contribution >= 4 is 16.8 Å². The van der Waals surface area contributed by atoms with Gasteiger partial charge >= 0.3 is 11.4 Å². The molecule has 0 aliphatic rings. The highest BCUT2D eigenvalue weighted by molar-refractivity contribution is 6.64. The van der Waals surface area contributed by atoms with E-state index >= 15 is 0 Å². The van der Waals surface area contributed by atoms with Crippen molar-refractivity contribution in [1.29, 1.82) is 0 Å². The molecular formula is C5H6ClF3O2. The summed E-state index contributed by atoms with van der Waals surface area (Å²) in [6.07, 6.45) is -4.17. The van der Waals surface area contributed by atoms with E-state index < -0.39 is 24.6 Å². The van der Waals surface area contributed by atoms with Gasteiger partial charge in [0, 0.05) is 0 Å². The summed E-state index contributed by atoms with van der Waals surface area (Å²) in [5.41, 5.74) is 0. The first-order chi connectivity index (χ1) is 5.00. The summed E-state index contributed by atoms with van der Waals surface area (Å²) in [7, 11) is 0. The van der Waals surface area contributed by atoms with Gasteiger partial charge in [-0.25, -0.2) is 0 Å². The quantitative estimate of drug-likeness (QED) is 0.487. The summed E-state index contributed by atoms with van der Waals surface area (Å²) >= 11 is 4.44. The maximum absolute atomic E-state index is 12.0. The minimum atomic E-state index is -3.99. The van der Waals surface area contributed by atoms with Gasteiger partial charge in [-0.15, -0.1) is 0 Å². The van der Waals surface area contributed by atoms with Gasteiger partial charge in [0.15, 0.2) is 0 Å². The van der Waals surface area contributed by atoms with E-state index in [0.717, 1.165) is 0 Å². The smallest absolute Gasteiger partial charge is 0.313 e. The summed E-state index contributed by atoms with van der Waals surface area (Å²) in [5, 5.41) is -1.89. The van der Waals surface area contributed by atoms with E-state index in [-0.39, 0.29) is 6.42 Å².